The van der Waals surface area contributed by atoms with Gasteiger partial charge in [-0.15, -0.1) is 0 Å². The fourth-order valence-corrected chi connectivity index (χ4v) is 4.66. The molecule has 1 saturated carbocycles. The topological polar surface area (TPSA) is 67.2 Å². The number of benzene rings is 2. The molecule has 0 aliphatic heterocycles. The standard InChI is InChI=1S/C27H30ClFN4O2/c1-18(2)15-32(26(35)20-10-6-7-11-20)17-25(34)31-27-30-24(19-8-4-3-5-9-19)16-33(27)21-12-13-23(29)22(28)14-21/h3-5,8-9,12-14,16,18,20H,6-7,10-11,15,17H2,1-2H3,(H,30,31,34). The Morgan fingerprint density at radius 1 is 1.17 bits per heavy atom. The molecule has 1 aromatic heterocycles. The minimum absolute atomic E-state index is 0.00502. The second-order valence-corrected chi connectivity index (χ2v) is 9.83. The number of amides is 2. The van der Waals surface area contributed by atoms with Crippen molar-refractivity contribution in [3.63, 3.8) is 0 Å². The van der Waals surface area contributed by atoms with Crippen LogP contribution < -0.4 is 5.32 Å². The predicted octanol–water partition coefficient (Wildman–Crippen LogP) is 5.95. The summed E-state index contributed by atoms with van der Waals surface area (Å²) in [7, 11) is 0. The summed E-state index contributed by atoms with van der Waals surface area (Å²) < 4.78 is 15.4. The van der Waals surface area contributed by atoms with Gasteiger partial charge < -0.3 is 4.90 Å². The van der Waals surface area contributed by atoms with Crippen LogP contribution in [0.3, 0.4) is 0 Å². The van der Waals surface area contributed by atoms with Gasteiger partial charge in [-0.2, -0.15) is 0 Å². The maximum Gasteiger partial charge on any atom is 0.246 e. The Kier molecular flexibility index (Phi) is 7.86. The van der Waals surface area contributed by atoms with Crippen molar-refractivity contribution in [1.82, 2.24) is 14.5 Å². The first-order valence-electron chi connectivity index (χ1n) is 12.0. The van der Waals surface area contributed by atoms with Crippen molar-refractivity contribution < 1.29 is 14.0 Å². The molecule has 1 aliphatic carbocycles. The third kappa shape index (κ3) is 6.09. The first kappa shape index (κ1) is 24.9. The summed E-state index contributed by atoms with van der Waals surface area (Å²) in [6.45, 7) is 4.53. The number of imidazole rings is 1. The maximum atomic E-state index is 13.8. The normalized spacial score (nSPS) is 13.9. The van der Waals surface area contributed by atoms with Crippen molar-refractivity contribution >= 4 is 29.4 Å². The van der Waals surface area contributed by atoms with Gasteiger partial charge in [0.1, 0.15) is 5.82 Å². The molecule has 1 N–H and O–H groups in total. The van der Waals surface area contributed by atoms with E-state index in [9.17, 15) is 14.0 Å². The number of hydrogen-bond acceptors (Lipinski definition) is 3. The van der Waals surface area contributed by atoms with E-state index in [2.05, 4.69) is 10.3 Å². The van der Waals surface area contributed by atoms with Crippen molar-refractivity contribution in [1.29, 1.82) is 0 Å². The van der Waals surface area contributed by atoms with E-state index in [1.165, 1.54) is 12.1 Å². The summed E-state index contributed by atoms with van der Waals surface area (Å²) in [5.74, 6) is -0.314. The van der Waals surface area contributed by atoms with Crippen LogP contribution in [0.2, 0.25) is 5.02 Å². The van der Waals surface area contributed by atoms with E-state index in [-0.39, 0.29) is 41.2 Å². The van der Waals surface area contributed by atoms with Gasteiger partial charge in [0, 0.05) is 24.2 Å². The van der Waals surface area contributed by atoms with Crippen molar-refractivity contribution in [2.45, 2.75) is 39.5 Å². The summed E-state index contributed by atoms with van der Waals surface area (Å²) in [6, 6.07) is 13.9. The highest BCUT2D eigenvalue weighted by atomic mass is 35.5. The molecule has 2 aromatic carbocycles. The lowest BCUT2D eigenvalue weighted by Crippen LogP contribution is -2.43. The van der Waals surface area contributed by atoms with Crippen LogP contribution in [0, 0.1) is 17.7 Å². The minimum atomic E-state index is -0.529. The summed E-state index contributed by atoms with van der Waals surface area (Å²) in [4.78, 5) is 32.5. The van der Waals surface area contributed by atoms with Crippen molar-refractivity contribution in [2.24, 2.45) is 11.8 Å². The molecule has 0 atom stereocenters. The highest BCUT2D eigenvalue weighted by molar-refractivity contribution is 6.30. The smallest absolute Gasteiger partial charge is 0.246 e. The quantitative estimate of drug-likeness (QED) is 0.419. The molecule has 0 spiro atoms. The average Bonchev–Trinajstić information content (AvgIpc) is 3.51. The summed E-state index contributed by atoms with van der Waals surface area (Å²) >= 11 is 6.02. The molecule has 0 unspecified atom stereocenters. The summed E-state index contributed by atoms with van der Waals surface area (Å²) in [5, 5.41) is 2.84. The van der Waals surface area contributed by atoms with Crippen LogP contribution in [0.25, 0.3) is 16.9 Å². The van der Waals surface area contributed by atoms with Gasteiger partial charge in [0.25, 0.3) is 0 Å². The van der Waals surface area contributed by atoms with Gasteiger partial charge in [0.15, 0.2) is 0 Å². The molecule has 1 heterocycles. The van der Waals surface area contributed by atoms with Gasteiger partial charge in [-0.05, 0) is 37.0 Å². The Labute approximate surface area is 210 Å². The Bertz CT molecular complexity index is 1190. The molecule has 0 bridgehead atoms. The molecule has 0 radical (unpaired) electrons. The number of rotatable bonds is 8. The Balaban J connectivity index is 1.60. The first-order valence-corrected chi connectivity index (χ1v) is 12.4. The van der Waals surface area contributed by atoms with E-state index in [1.807, 2.05) is 44.2 Å². The lowest BCUT2D eigenvalue weighted by atomic mass is 10.1. The molecule has 6 nitrogen and oxygen atoms in total. The molecule has 8 heteroatoms. The first-order chi connectivity index (χ1) is 16.8. The fourth-order valence-electron chi connectivity index (χ4n) is 4.49. The molecular weight excluding hydrogens is 467 g/mol. The molecule has 2 amide bonds. The highest BCUT2D eigenvalue weighted by Crippen LogP contribution is 2.28. The van der Waals surface area contributed by atoms with Gasteiger partial charge in [0.05, 0.1) is 22.9 Å². The highest BCUT2D eigenvalue weighted by Gasteiger charge is 2.29. The molecule has 1 fully saturated rings. The van der Waals surface area contributed by atoms with Crippen LogP contribution in [0.5, 0.6) is 0 Å². The van der Waals surface area contributed by atoms with E-state index in [0.29, 0.717) is 17.9 Å². The Hall–Kier alpha value is -3.19. The van der Waals surface area contributed by atoms with Crippen LogP contribution in [0.1, 0.15) is 39.5 Å². The zero-order valence-corrected chi connectivity index (χ0v) is 20.8. The van der Waals surface area contributed by atoms with Crippen LogP contribution >= 0.6 is 11.6 Å². The molecule has 35 heavy (non-hydrogen) atoms. The van der Waals surface area contributed by atoms with Crippen molar-refractivity contribution in [3.05, 3.63) is 65.6 Å². The molecule has 184 valence electrons. The van der Waals surface area contributed by atoms with Crippen LogP contribution in [0.4, 0.5) is 10.3 Å². The van der Waals surface area contributed by atoms with Gasteiger partial charge in [-0.3, -0.25) is 19.5 Å². The molecule has 1 aliphatic rings. The van der Waals surface area contributed by atoms with Crippen molar-refractivity contribution in [3.8, 4) is 16.9 Å². The Morgan fingerprint density at radius 2 is 1.89 bits per heavy atom. The number of nitrogens with zero attached hydrogens (tertiary/aromatic N) is 3. The van der Waals surface area contributed by atoms with E-state index < -0.39 is 5.82 Å². The second-order valence-electron chi connectivity index (χ2n) is 9.43. The molecule has 4 rings (SSSR count). The van der Waals surface area contributed by atoms with Crippen LogP contribution in [0.15, 0.2) is 54.7 Å². The number of hydrogen-bond donors (Lipinski definition) is 1. The van der Waals surface area contributed by atoms with E-state index in [4.69, 9.17) is 11.6 Å². The zero-order valence-electron chi connectivity index (χ0n) is 20.0. The summed E-state index contributed by atoms with van der Waals surface area (Å²) in [5.41, 5.74) is 2.07. The van der Waals surface area contributed by atoms with Crippen molar-refractivity contribution in [2.75, 3.05) is 18.4 Å². The van der Waals surface area contributed by atoms with E-state index in [0.717, 1.165) is 31.2 Å². The lowest BCUT2D eigenvalue weighted by molar-refractivity contribution is -0.138. The van der Waals surface area contributed by atoms with Crippen LogP contribution in [-0.2, 0) is 9.59 Å². The number of nitrogens with one attached hydrogen (secondary N) is 1. The molecule has 3 aromatic rings. The monoisotopic (exact) mass is 496 g/mol. The number of anilines is 1. The number of carbonyl (C=O) groups is 2. The predicted molar refractivity (Wildman–Crippen MR) is 136 cm³/mol. The zero-order chi connectivity index (χ0) is 24.9. The number of halogens is 2. The fraction of sp³-hybridized carbons (Fsp3) is 0.370. The van der Waals surface area contributed by atoms with E-state index in [1.54, 1.807) is 21.7 Å². The number of aromatic nitrogens is 2. The second kappa shape index (κ2) is 11.0. The average molecular weight is 497 g/mol. The van der Waals surface area contributed by atoms with E-state index >= 15 is 0 Å². The lowest BCUT2D eigenvalue weighted by Gasteiger charge is -2.26. The van der Waals surface area contributed by atoms with Gasteiger partial charge in [-0.1, -0.05) is 68.6 Å². The SMILES string of the molecule is CC(C)CN(CC(=O)Nc1nc(-c2ccccc2)cn1-c1ccc(F)c(Cl)c1)C(=O)C1CCCC1. The largest absolute Gasteiger partial charge is 0.333 e. The minimum Gasteiger partial charge on any atom is -0.333 e. The Morgan fingerprint density at radius 3 is 2.54 bits per heavy atom. The van der Waals surface area contributed by atoms with Gasteiger partial charge >= 0.3 is 0 Å². The maximum absolute atomic E-state index is 13.8. The van der Waals surface area contributed by atoms with Gasteiger partial charge in [-0.25, -0.2) is 9.37 Å². The molecular formula is C27H30ClFN4O2. The summed E-state index contributed by atoms with van der Waals surface area (Å²) in [6.07, 6.45) is 5.64. The number of carbonyl (C=O) groups excluding carboxylic acids is 2. The third-order valence-electron chi connectivity index (χ3n) is 6.14. The van der Waals surface area contributed by atoms with Crippen LogP contribution in [-0.4, -0.2) is 39.4 Å². The third-order valence-corrected chi connectivity index (χ3v) is 6.43. The molecule has 0 saturated heterocycles. The van der Waals surface area contributed by atoms with Gasteiger partial charge in [0.2, 0.25) is 17.8 Å².